The summed E-state index contributed by atoms with van der Waals surface area (Å²) in [5.74, 6) is -2.16. The predicted molar refractivity (Wildman–Crippen MR) is 141 cm³/mol. The van der Waals surface area contributed by atoms with Gasteiger partial charge in [-0.3, -0.25) is 9.69 Å². The monoisotopic (exact) mass is 578 g/mol. The molecule has 6 nitrogen and oxygen atoms in total. The summed E-state index contributed by atoms with van der Waals surface area (Å²) in [6, 6.07) is 21.5. The number of carboxylic acids is 1. The zero-order valence-electron chi connectivity index (χ0n) is 21.3. The van der Waals surface area contributed by atoms with Crippen molar-refractivity contribution in [1.29, 1.82) is 0 Å². The number of carbonyl (C=O) groups excluding carboxylic acids is 1. The standard InChI is InChI=1S/C27H26ClFN2O2.C2HF3O2/c28-22-9-7-21(8-10-22)26(32)31-18-27(19-31)12-14-30(15-13-27)17-20-6-11-24(29)25(16-20)33-23-4-2-1-3-5-23;3-2(4,5)1(6)7/h1-11,16H,12-15,17-19H2;(H,6,7). The van der Waals surface area contributed by atoms with Gasteiger partial charge in [0.1, 0.15) is 5.75 Å². The van der Waals surface area contributed by atoms with E-state index in [2.05, 4.69) is 4.90 Å². The number of aliphatic carboxylic acids is 1. The molecule has 0 saturated carbocycles. The summed E-state index contributed by atoms with van der Waals surface area (Å²) in [6.07, 6.45) is -2.96. The maximum Gasteiger partial charge on any atom is 0.490 e. The highest BCUT2D eigenvalue weighted by atomic mass is 35.5. The first-order valence-electron chi connectivity index (χ1n) is 12.5. The summed E-state index contributed by atoms with van der Waals surface area (Å²) in [7, 11) is 0. The molecule has 212 valence electrons. The van der Waals surface area contributed by atoms with Gasteiger partial charge in [-0.1, -0.05) is 35.9 Å². The number of para-hydroxylation sites is 1. The number of rotatable bonds is 5. The first-order valence-corrected chi connectivity index (χ1v) is 12.9. The average molecular weight is 579 g/mol. The minimum Gasteiger partial charge on any atom is -0.475 e. The largest absolute Gasteiger partial charge is 0.490 e. The van der Waals surface area contributed by atoms with Crippen LogP contribution in [0.4, 0.5) is 17.6 Å². The van der Waals surface area contributed by atoms with Gasteiger partial charge in [0.25, 0.3) is 5.91 Å². The van der Waals surface area contributed by atoms with Crippen molar-refractivity contribution in [3.05, 3.63) is 94.8 Å². The molecule has 0 aromatic heterocycles. The summed E-state index contributed by atoms with van der Waals surface area (Å²) >= 11 is 5.93. The van der Waals surface area contributed by atoms with Crippen LogP contribution >= 0.6 is 11.6 Å². The van der Waals surface area contributed by atoms with Crippen LogP contribution in [0.5, 0.6) is 11.5 Å². The smallest absolute Gasteiger partial charge is 0.475 e. The third-order valence-electron chi connectivity index (χ3n) is 6.96. The average Bonchev–Trinajstić information content (AvgIpc) is 2.90. The molecule has 1 N–H and O–H groups in total. The summed E-state index contributed by atoms with van der Waals surface area (Å²) in [5.41, 5.74) is 1.95. The number of alkyl halides is 3. The third-order valence-corrected chi connectivity index (χ3v) is 7.21. The molecule has 0 atom stereocenters. The van der Waals surface area contributed by atoms with Gasteiger partial charge in [-0.05, 0) is 80.0 Å². The van der Waals surface area contributed by atoms with Crippen molar-refractivity contribution in [3.63, 3.8) is 0 Å². The molecule has 0 bridgehead atoms. The molecule has 0 unspecified atom stereocenters. The van der Waals surface area contributed by atoms with Gasteiger partial charge in [-0.25, -0.2) is 9.18 Å². The number of halogens is 5. The fraction of sp³-hybridized carbons (Fsp3) is 0.310. The van der Waals surface area contributed by atoms with Crippen LogP contribution in [0.25, 0.3) is 0 Å². The SMILES string of the molecule is O=C(O)C(F)(F)F.O=C(c1ccc(Cl)cc1)N1CC2(CCN(Cc3ccc(F)c(Oc4ccccc4)c3)CC2)C1. The van der Waals surface area contributed by atoms with E-state index in [4.69, 9.17) is 26.2 Å². The number of amides is 1. The Labute approximate surface area is 233 Å². The van der Waals surface area contributed by atoms with Crippen LogP contribution in [0.15, 0.2) is 72.8 Å². The topological polar surface area (TPSA) is 70.1 Å². The van der Waals surface area contributed by atoms with Crippen LogP contribution in [0, 0.1) is 11.2 Å². The van der Waals surface area contributed by atoms with E-state index in [1.807, 2.05) is 41.3 Å². The molecule has 2 aliphatic rings. The number of nitrogens with zero attached hydrogens (tertiary/aromatic N) is 2. The second-order valence-corrected chi connectivity index (χ2v) is 10.4. The highest BCUT2D eigenvalue weighted by molar-refractivity contribution is 6.30. The number of carboxylic acid groups (broad SMARTS) is 1. The Morgan fingerprint density at radius 2 is 1.55 bits per heavy atom. The lowest BCUT2D eigenvalue weighted by molar-refractivity contribution is -0.192. The Morgan fingerprint density at radius 1 is 0.950 bits per heavy atom. The molecular weight excluding hydrogens is 552 g/mol. The van der Waals surface area contributed by atoms with E-state index in [0.29, 0.717) is 16.3 Å². The minimum atomic E-state index is -5.08. The van der Waals surface area contributed by atoms with Crippen LogP contribution in [-0.4, -0.2) is 59.1 Å². The fourth-order valence-corrected chi connectivity index (χ4v) is 4.91. The van der Waals surface area contributed by atoms with Crippen molar-refractivity contribution in [1.82, 2.24) is 9.80 Å². The van der Waals surface area contributed by atoms with Crippen LogP contribution in [0.2, 0.25) is 5.02 Å². The number of carbonyl (C=O) groups is 2. The third kappa shape index (κ3) is 7.51. The number of ether oxygens (including phenoxy) is 1. The first kappa shape index (κ1) is 29.4. The Hall–Kier alpha value is -3.63. The van der Waals surface area contributed by atoms with E-state index < -0.39 is 12.1 Å². The minimum absolute atomic E-state index is 0.0805. The van der Waals surface area contributed by atoms with Crippen LogP contribution in [0.3, 0.4) is 0 Å². The van der Waals surface area contributed by atoms with E-state index in [1.165, 1.54) is 6.07 Å². The second-order valence-electron chi connectivity index (χ2n) is 9.93. The Balaban J connectivity index is 0.000000470. The van der Waals surface area contributed by atoms with E-state index in [9.17, 15) is 22.4 Å². The van der Waals surface area contributed by atoms with Gasteiger partial charge in [0.05, 0.1) is 0 Å². The van der Waals surface area contributed by atoms with Gasteiger partial charge < -0.3 is 14.7 Å². The van der Waals surface area contributed by atoms with Gasteiger partial charge in [0.15, 0.2) is 11.6 Å². The molecule has 0 radical (unpaired) electrons. The van der Waals surface area contributed by atoms with Gasteiger partial charge in [0, 0.05) is 35.6 Å². The van der Waals surface area contributed by atoms with Crippen LogP contribution in [0.1, 0.15) is 28.8 Å². The summed E-state index contributed by atoms with van der Waals surface area (Å²) in [4.78, 5) is 25.9. The van der Waals surface area contributed by atoms with Gasteiger partial charge in [-0.15, -0.1) is 0 Å². The van der Waals surface area contributed by atoms with Gasteiger partial charge >= 0.3 is 12.1 Å². The Kier molecular flexibility index (Phi) is 9.00. The molecule has 3 aromatic rings. The van der Waals surface area contributed by atoms with Crippen molar-refractivity contribution in [2.24, 2.45) is 5.41 Å². The highest BCUT2D eigenvalue weighted by Crippen LogP contribution is 2.41. The molecule has 11 heteroatoms. The zero-order chi connectivity index (χ0) is 28.9. The van der Waals surface area contributed by atoms with E-state index in [1.54, 1.807) is 30.3 Å². The molecule has 2 heterocycles. The van der Waals surface area contributed by atoms with Crippen LogP contribution < -0.4 is 4.74 Å². The number of hydrogen-bond donors (Lipinski definition) is 1. The van der Waals surface area contributed by atoms with Crippen molar-refractivity contribution >= 4 is 23.5 Å². The molecule has 5 rings (SSSR count). The molecule has 2 saturated heterocycles. The molecule has 40 heavy (non-hydrogen) atoms. The number of piperidine rings is 1. The van der Waals surface area contributed by atoms with E-state index in [-0.39, 0.29) is 22.9 Å². The molecule has 1 amide bonds. The van der Waals surface area contributed by atoms with Gasteiger partial charge in [0.2, 0.25) is 0 Å². The van der Waals surface area contributed by atoms with E-state index >= 15 is 0 Å². The van der Waals surface area contributed by atoms with Crippen molar-refractivity contribution in [2.45, 2.75) is 25.6 Å². The number of likely N-dealkylation sites (tertiary alicyclic amines) is 2. The Bertz CT molecular complexity index is 1320. The van der Waals surface area contributed by atoms with Crippen molar-refractivity contribution in [2.75, 3.05) is 26.2 Å². The molecule has 0 aliphatic carbocycles. The zero-order valence-corrected chi connectivity index (χ0v) is 22.1. The lowest BCUT2D eigenvalue weighted by atomic mass is 9.71. The second kappa shape index (κ2) is 12.3. The normalized spacial score (nSPS) is 16.5. The molecule has 2 fully saturated rings. The molecular formula is C29H27ClF4N2O4. The fourth-order valence-electron chi connectivity index (χ4n) is 4.78. The lowest BCUT2D eigenvalue weighted by Crippen LogP contribution is -2.61. The highest BCUT2D eigenvalue weighted by Gasteiger charge is 2.46. The number of benzene rings is 3. The molecule has 3 aromatic carbocycles. The lowest BCUT2D eigenvalue weighted by Gasteiger charge is -2.54. The maximum atomic E-state index is 14.3. The summed E-state index contributed by atoms with van der Waals surface area (Å²) in [6.45, 7) is 4.32. The van der Waals surface area contributed by atoms with Gasteiger partial charge in [-0.2, -0.15) is 13.2 Å². The summed E-state index contributed by atoms with van der Waals surface area (Å²) < 4.78 is 51.7. The number of hydrogen-bond acceptors (Lipinski definition) is 4. The summed E-state index contributed by atoms with van der Waals surface area (Å²) in [5, 5.41) is 7.76. The first-order chi connectivity index (χ1) is 18.9. The van der Waals surface area contributed by atoms with Crippen LogP contribution in [-0.2, 0) is 11.3 Å². The van der Waals surface area contributed by atoms with Crippen molar-refractivity contribution < 1.29 is 37.0 Å². The quantitative estimate of drug-likeness (QED) is 0.344. The van der Waals surface area contributed by atoms with E-state index in [0.717, 1.165) is 51.1 Å². The van der Waals surface area contributed by atoms with Crippen molar-refractivity contribution in [3.8, 4) is 11.5 Å². The Morgan fingerprint density at radius 3 is 2.12 bits per heavy atom. The predicted octanol–water partition coefficient (Wildman–Crippen LogP) is 6.64. The molecule has 1 spiro atoms. The maximum absolute atomic E-state index is 14.3. The molecule has 2 aliphatic heterocycles.